The lowest BCUT2D eigenvalue weighted by Gasteiger charge is -2.21. The Hall–Kier alpha value is -0.710. The van der Waals surface area contributed by atoms with Crippen molar-refractivity contribution in [1.82, 2.24) is 5.32 Å². The monoisotopic (exact) mass is 221 g/mol. The summed E-state index contributed by atoms with van der Waals surface area (Å²) in [6.07, 6.45) is 0.566. The molecule has 80 valence electrons. The molecule has 0 radical (unpaired) electrons. The number of carboxylic acid groups (broad SMARTS) is 1. The van der Waals surface area contributed by atoms with Gasteiger partial charge >= 0.3 is 5.97 Å². The van der Waals surface area contributed by atoms with Gasteiger partial charge in [0.1, 0.15) is 6.04 Å². The molecule has 1 rings (SSSR count). The molecule has 2 N–H and O–H groups in total. The first-order valence-corrected chi connectivity index (χ1v) is 5.17. The Morgan fingerprint density at radius 3 is 2.86 bits per heavy atom. The van der Waals surface area contributed by atoms with Crippen LogP contribution in [-0.4, -0.2) is 35.3 Å². The number of rotatable bonds is 3. The van der Waals surface area contributed by atoms with Crippen molar-refractivity contribution in [2.75, 3.05) is 6.61 Å². The molecule has 1 aliphatic rings. The SMILES string of the molecule is CC(NC(=O)C1CCOOP1)C(=O)O. The van der Waals surface area contributed by atoms with Crippen molar-refractivity contribution in [2.45, 2.75) is 25.0 Å². The third-order valence-corrected chi connectivity index (χ3v) is 2.83. The topological polar surface area (TPSA) is 84.9 Å². The largest absolute Gasteiger partial charge is 0.480 e. The zero-order valence-corrected chi connectivity index (χ0v) is 8.65. The Morgan fingerprint density at radius 2 is 2.36 bits per heavy atom. The van der Waals surface area contributed by atoms with Crippen molar-refractivity contribution in [1.29, 1.82) is 0 Å². The molecule has 3 atom stereocenters. The molecule has 0 spiro atoms. The van der Waals surface area contributed by atoms with E-state index in [4.69, 9.17) is 5.11 Å². The minimum atomic E-state index is -1.05. The third-order valence-electron chi connectivity index (χ3n) is 1.78. The summed E-state index contributed by atoms with van der Waals surface area (Å²) in [6.45, 7) is 1.79. The Bertz CT molecular complexity index is 228. The van der Waals surface area contributed by atoms with Gasteiger partial charge in [-0.1, -0.05) is 0 Å². The molecule has 1 aliphatic heterocycles. The van der Waals surface area contributed by atoms with E-state index >= 15 is 0 Å². The molecule has 0 aromatic heterocycles. The smallest absolute Gasteiger partial charge is 0.325 e. The van der Waals surface area contributed by atoms with Gasteiger partial charge < -0.3 is 10.4 Å². The van der Waals surface area contributed by atoms with Crippen molar-refractivity contribution in [3.63, 3.8) is 0 Å². The number of carboxylic acids is 1. The lowest BCUT2D eigenvalue weighted by atomic mass is 10.2. The maximum absolute atomic E-state index is 11.4. The van der Waals surface area contributed by atoms with Gasteiger partial charge in [-0.05, 0) is 13.3 Å². The van der Waals surface area contributed by atoms with E-state index in [1.165, 1.54) is 6.92 Å². The van der Waals surface area contributed by atoms with Gasteiger partial charge in [0.25, 0.3) is 0 Å². The first-order chi connectivity index (χ1) is 6.61. The maximum atomic E-state index is 11.4. The fourth-order valence-corrected chi connectivity index (χ4v) is 1.61. The van der Waals surface area contributed by atoms with Gasteiger partial charge in [0.2, 0.25) is 5.91 Å². The van der Waals surface area contributed by atoms with Crippen LogP contribution in [0.5, 0.6) is 0 Å². The molecule has 14 heavy (non-hydrogen) atoms. The summed E-state index contributed by atoms with van der Waals surface area (Å²) >= 11 is 0. The van der Waals surface area contributed by atoms with Crippen molar-refractivity contribution in [3.8, 4) is 0 Å². The fraction of sp³-hybridized carbons (Fsp3) is 0.714. The van der Waals surface area contributed by atoms with Crippen molar-refractivity contribution >= 4 is 20.7 Å². The Labute approximate surface area is 82.7 Å². The summed E-state index contributed by atoms with van der Waals surface area (Å²) in [4.78, 5) is 26.5. The lowest BCUT2D eigenvalue weighted by molar-refractivity contribution is -0.206. The van der Waals surface area contributed by atoms with E-state index in [1.54, 1.807) is 0 Å². The molecule has 0 aromatic carbocycles. The van der Waals surface area contributed by atoms with Crippen molar-refractivity contribution < 1.29 is 24.3 Å². The Kier molecular flexibility index (Phi) is 4.25. The number of hydrogen-bond donors (Lipinski definition) is 2. The summed E-state index contributed by atoms with van der Waals surface area (Å²) in [5.41, 5.74) is -0.287. The second-order valence-electron chi connectivity index (χ2n) is 2.93. The second-order valence-corrected chi connectivity index (χ2v) is 4.03. The number of amides is 1. The quantitative estimate of drug-likeness (QED) is 0.513. The maximum Gasteiger partial charge on any atom is 0.325 e. The molecule has 1 fully saturated rings. The highest BCUT2D eigenvalue weighted by Gasteiger charge is 2.25. The second kappa shape index (κ2) is 5.24. The minimum absolute atomic E-state index is 0.0609. The summed E-state index contributed by atoms with van der Waals surface area (Å²) < 4.78 is 4.66. The number of hydrogen-bond acceptors (Lipinski definition) is 4. The average Bonchev–Trinajstić information content (AvgIpc) is 2.19. The van der Waals surface area contributed by atoms with Gasteiger partial charge in [0.05, 0.1) is 21.1 Å². The van der Waals surface area contributed by atoms with Crippen LogP contribution in [0.2, 0.25) is 0 Å². The summed E-state index contributed by atoms with van der Waals surface area (Å²) in [5.74, 6) is -1.34. The lowest BCUT2D eigenvalue weighted by Crippen LogP contribution is -2.43. The van der Waals surface area contributed by atoms with E-state index in [9.17, 15) is 9.59 Å². The molecule has 3 unspecified atom stereocenters. The predicted molar refractivity (Wildman–Crippen MR) is 49.0 cm³/mol. The molecule has 0 saturated carbocycles. The highest BCUT2D eigenvalue weighted by atomic mass is 31.1. The van der Waals surface area contributed by atoms with E-state index in [0.29, 0.717) is 13.0 Å². The molecular weight excluding hydrogens is 209 g/mol. The molecule has 1 heterocycles. The van der Waals surface area contributed by atoms with Crippen LogP contribution in [0.25, 0.3) is 0 Å². The highest BCUT2D eigenvalue weighted by Crippen LogP contribution is 2.28. The molecule has 6 nitrogen and oxygen atoms in total. The Morgan fingerprint density at radius 1 is 1.64 bits per heavy atom. The molecule has 1 saturated heterocycles. The standard InChI is InChI=1S/C7H12NO5P/c1-4(7(10)11)8-6(9)5-2-3-12-13-14-5/h4-5,14H,2-3H2,1H3,(H,8,9)(H,10,11). The van der Waals surface area contributed by atoms with Crippen molar-refractivity contribution in [2.24, 2.45) is 0 Å². The average molecular weight is 221 g/mol. The van der Waals surface area contributed by atoms with E-state index in [0.717, 1.165) is 0 Å². The molecule has 0 bridgehead atoms. The predicted octanol–water partition coefficient (Wildman–Crippen LogP) is -0.110. The Balaban J connectivity index is 2.36. The van der Waals surface area contributed by atoms with Crippen LogP contribution in [0.4, 0.5) is 0 Å². The highest BCUT2D eigenvalue weighted by molar-refractivity contribution is 7.34. The molecule has 7 heteroatoms. The van der Waals surface area contributed by atoms with Crippen LogP contribution in [0.1, 0.15) is 13.3 Å². The molecule has 0 aromatic rings. The van der Waals surface area contributed by atoms with E-state index in [-0.39, 0.29) is 20.4 Å². The number of carbonyl (C=O) groups is 2. The van der Waals surface area contributed by atoms with E-state index in [1.807, 2.05) is 0 Å². The third kappa shape index (κ3) is 3.21. The summed E-state index contributed by atoms with van der Waals surface area (Å²) in [5, 5.41) is 10.9. The van der Waals surface area contributed by atoms with Gasteiger partial charge in [0.15, 0.2) is 0 Å². The van der Waals surface area contributed by atoms with E-state index < -0.39 is 12.0 Å². The normalized spacial score (nSPS) is 25.6. The molecular formula is C7H12NO5P. The van der Waals surface area contributed by atoms with Crippen LogP contribution in [0.15, 0.2) is 0 Å². The van der Waals surface area contributed by atoms with Crippen LogP contribution in [0, 0.1) is 0 Å². The van der Waals surface area contributed by atoms with Gasteiger partial charge in [0, 0.05) is 0 Å². The summed E-state index contributed by atoms with van der Waals surface area (Å²) in [6, 6.07) is -0.866. The molecule has 0 aliphatic carbocycles. The first-order valence-electron chi connectivity index (χ1n) is 4.18. The van der Waals surface area contributed by atoms with Crippen LogP contribution in [-0.2, 0) is 19.2 Å². The van der Waals surface area contributed by atoms with Gasteiger partial charge in [-0.2, -0.15) is 0 Å². The minimum Gasteiger partial charge on any atom is -0.480 e. The number of nitrogens with one attached hydrogen (secondary N) is 1. The zero-order chi connectivity index (χ0) is 10.6. The van der Waals surface area contributed by atoms with Gasteiger partial charge in [-0.3, -0.25) is 9.59 Å². The van der Waals surface area contributed by atoms with Crippen molar-refractivity contribution in [3.05, 3.63) is 0 Å². The van der Waals surface area contributed by atoms with Crippen LogP contribution >= 0.6 is 8.81 Å². The fourth-order valence-electron chi connectivity index (χ4n) is 0.919. The number of aliphatic carboxylic acids is 1. The summed E-state index contributed by atoms with van der Waals surface area (Å²) in [7, 11) is -0.0609. The molecule has 1 amide bonds. The van der Waals surface area contributed by atoms with Crippen LogP contribution < -0.4 is 5.32 Å². The van der Waals surface area contributed by atoms with E-state index in [2.05, 4.69) is 14.9 Å². The first kappa shape index (κ1) is 11.4. The van der Waals surface area contributed by atoms with Crippen LogP contribution in [0.3, 0.4) is 0 Å². The number of carbonyl (C=O) groups excluding carboxylic acids is 1. The zero-order valence-electron chi connectivity index (χ0n) is 7.65. The van der Waals surface area contributed by atoms with Gasteiger partial charge in [-0.25, -0.2) is 9.56 Å². The van der Waals surface area contributed by atoms with Gasteiger partial charge in [-0.15, -0.1) is 0 Å².